The Morgan fingerprint density at radius 3 is 2.47 bits per heavy atom. The van der Waals surface area contributed by atoms with Crippen molar-refractivity contribution < 1.29 is 9.53 Å². The summed E-state index contributed by atoms with van der Waals surface area (Å²) in [6.07, 6.45) is 0. The van der Waals surface area contributed by atoms with Crippen molar-refractivity contribution in [3.63, 3.8) is 0 Å². The van der Waals surface area contributed by atoms with Crippen LogP contribution < -0.4 is 10.6 Å². The molecule has 5 nitrogen and oxygen atoms in total. The second-order valence-corrected chi connectivity index (χ2v) is 4.41. The number of nitrogen functional groups attached to an aromatic ring is 1. The van der Waals surface area contributed by atoms with Crippen LogP contribution in [0.3, 0.4) is 0 Å². The maximum absolute atomic E-state index is 12.2. The van der Waals surface area contributed by atoms with Crippen molar-refractivity contribution in [3.8, 4) is 0 Å². The van der Waals surface area contributed by atoms with Crippen molar-refractivity contribution in [1.29, 1.82) is 0 Å². The molecule has 0 aromatic heterocycles. The van der Waals surface area contributed by atoms with E-state index < -0.39 is 0 Å². The minimum Gasteiger partial charge on any atom is -0.399 e. The van der Waals surface area contributed by atoms with Gasteiger partial charge in [-0.25, -0.2) is 0 Å². The Kier molecular flexibility index (Phi) is 6.32. The molecular weight excluding hydrogens is 242 g/mol. The summed E-state index contributed by atoms with van der Waals surface area (Å²) in [5.41, 5.74) is 7.18. The van der Waals surface area contributed by atoms with E-state index in [1.54, 1.807) is 31.2 Å². The quantitative estimate of drug-likeness (QED) is 0.753. The predicted molar refractivity (Wildman–Crippen MR) is 78.3 cm³/mol. The minimum absolute atomic E-state index is 0.0581. The lowest BCUT2D eigenvalue weighted by molar-refractivity contribution is -0.119. The molecule has 106 valence electrons. The van der Waals surface area contributed by atoms with E-state index >= 15 is 0 Å². The zero-order chi connectivity index (χ0) is 14.3. The standard InChI is InChI=1S/C14H23N3O2/c1-4-17(9-10-19-3)11-14(18)16(2)13-7-5-12(15)6-8-13/h5-8H,4,9-11,15H2,1-3H3. The largest absolute Gasteiger partial charge is 0.399 e. The van der Waals surface area contributed by atoms with E-state index in [0.717, 1.165) is 18.8 Å². The average molecular weight is 265 g/mol. The molecule has 0 atom stereocenters. The second-order valence-electron chi connectivity index (χ2n) is 4.41. The van der Waals surface area contributed by atoms with E-state index in [2.05, 4.69) is 4.90 Å². The summed E-state index contributed by atoms with van der Waals surface area (Å²) >= 11 is 0. The van der Waals surface area contributed by atoms with Gasteiger partial charge in [0.2, 0.25) is 5.91 Å². The highest BCUT2D eigenvalue weighted by Gasteiger charge is 2.14. The maximum Gasteiger partial charge on any atom is 0.240 e. The Morgan fingerprint density at radius 2 is 1.95 bits per heavy atom. The number of hydrogen-bond acceptors (Lipinski definition) is 4. The highest BCUT2D eigenvalue weighted by atomic mass is 16.5. The lowest BCUT2D eigenvalue weighted by atomic mass is 10.2. The van der Waals surface area contributed by atoms with Crippen LogP contribution >= 0.6 is 0 Å². The number of rotatable bonds is 7. The molecule has 5 heteroatoms. The minimum atomic E-state index is 0.0581. The first-order valence-corrected chi connectivity index (χ1v) is 6.41. The van der Waals surface area contributed by atoms with Crippen LogP contribution in [0, 0.1) is 0 Å². The van der Waals surface area contributed by atoms with Crippen molar-refractivity contribution >= 4 is 17.3 Å². The Bertz CT molecular complexity index is 392. The van der Waals surface area contributed by atoms with Crippen molar-refractivity contribution in [3.05, 3.63) is 24.3 Å². The lowest BCUT2D eigenvalue weighted by Gasteiger charge is -2.23. The van der Waals surface area contributed by atoms with Crippen LogP contribution in [-0.2, 0) is 9.53 Å². The van der Waals surface area contributed by atoms with Crippen molar-refractivity contribution in [1.82, 2.24) is 4.90 Å². The van der Waals surface area contributed by atoms with Crippen molar-refractivity contribution in [2.24, 2.45) is 0 Å². The van der Waals surface area contributed by atoms with Crippen LogP contribution in [0.4, 0.5) is 11.4 Å². The first-order chi connectivity index (χ1) is 9.08. The molecule has 19 heavy (non-hydrogen) atoms. The molecular formula is C14H23N3O2. The van der Waals surface area contributed by atoms with E-state index in [1.165, 1.54) is 0 Å². The zero-order valence-electron chi connectivity index (χ0n) is 11.9. The monoisotopic (exact) mass is 265 g/mol. The van der Waals surface area contributed by atoms with Gasteiger partial charge in [-0.15, -0.1) is 0 Å². The summed E-state index contributed by atoms with van der Waals surface area (Å²) in [5, 5.41) is 0. The van der Waals surface area contributed by atoms with Crippen LogP contribution in [0.1, 0.15) is 6.92 Å². The topological polar surface area (TPSA) is 58.8 Å². The van der Waals surface area contributed by atoms with Crippen molar-refractivity contribution in [2.75, 3.05) is 51.0 Å². The number of amides is 1. The van der Waals surface area contributed by atoms with Gasteiger partial charge in [0.25, 0.3) is 0 Å². The third-order valence-electron chi connectivity index (χ3n) is 3.07. The molecule has 0 fully saturated rings. The molecule has 0 heterocycles. The number of methoxy groups -OCH3 is 1. The van der Waals surface area contributed by atoms with Crippen LogP contribution in [0.25, 0.3) is 0 Å². The van der Waals surface area contributed by atoms with Crippen LogP contribution in [0.15, 0.2) is 24.3 Å². The van der Waals surface area contributed by atoms with E-state index in [0.29, 0.717) is 18.8 Å². The van der Waals surface area contributed by atoms with Gasteiger partial charge in [0.05, 0.1) is 13.2 Å². The second kappa shape index (κ2) is 7.76. The molecule has 2 N–H and O–H groups in total. The molecule has 1 amide bonds. The Labute approximate surface area is 114 Å². The molecule has 0 aliphatic carbocycles. The van der Waals surface area contributed by atoms with Crippen LogP contribution in [0.5, 0.6) is 0 Å². The third kappa shape index (κ3) is 4.89. The molecule has 1 aromatic rings. The van der Waals surface area contributed by atoms with Gasteiger partial charge in [-0.2, -0.15) is 0 Å². The van der Waals surface area contributed by atoms with E-state index in [-0.39, 0.29) is 5.91 Å². The van der Waals surface area contributed by atoms with Gasteiger partial charge in [0, 0.05) is 32.1 Å². The normalized spacial score (nSPS) is 10.7. The highest BCUT2D eigenvalue weighted by molar-refractivity contribution is 5.94. The number of benzene rings is 1. The molecule has 0 unspecified atom stereocenters. The molecule has 0 radical (unpaired) electrons. The van der Waals surface area contributed by atoms with E-state index in [4.69, 9.17) is 10.5 Å². The SMILES string of the molecule is CCN(CCOC)CC(=O)N(C)c1ccc(N)cc1. The molecule has 1 rings (SSSR count). The molecule has 0 saturated heterocycles. The van der Waals surface area contributed by atoms with E-state index in [9.17, 15) is 4.79 Å². The fourth-order valence-corrected chi connectivity index (χ4v) is 1.71. The summed E-state index contributed by atoms with van der Waals surface area (Å²) < 4.78 is 5.03. The number of nitrogens with two attached hydrogens (primary N) is 1. The summed E-state index contributed by atoms with van der Waals surface area (Å²) in [6, 6.07) is 7.28. The van der Waals surface area contributed by atoms with Crippen molar-refractivity contribution in [2.45, 2.75) is 6.92 Å². The third-order valence-corrected chi connectivity index (χ3v) is 3.07. The molecule has 0 aliphatic rings. The first-order valence-electron chi connectivity index (χ1n) is 6.41. The van der Waals surface area contributed by atoms with Gasteiger partial charge >= 0.3 is 0 Å². The summed E-state index contributed by atoms with van der Waals surface area (Å²) in [4.78, 5) is 15.9. The first kappa shape index (κ1) is 15.5. The van der Waals surface area contributed by atoms with Gasteiger partial charge in [-0.1, -0.05) is 6.92 Å². The number of ether oxygens (including phenoxy) is 1. The molecule has 0 bridgehead atoms. The fraction of sp³-hybridized carbons (Fsp3) is 0.500. The maximum atomic E-state index is 12.2. The van der Waals surface area contributed by atoms with Gasteiger partial charge in [-0.05, 0) is 30.8 Å². The molecule has 0 aliphatic heterocycles. The average Bonchev–Trinajstić information content (AvgIpc) is 2.43. The number of hydrogen-bond donors (Lipinski definition) is 1. The number of likely N-dealkylation sites (N-methyl/N-ethyl adjacent to an activating group) is 2. The zero-order valence-corrected chi connectivity index (χ0v) is 11.9. The van der Waals surface area contributed by atoms with Gasteiger partial charge in [0.15, 0.2) is 0 Å². The summed E-state index contributed by atoms with van der Waals surface area (Å²) in [7, 11) is 3.44. The number of nitrogens with zero attached hydrogens (tertiary/aromatic N) is 2. The summed E-state index contributed by atoms with van der Waals surface area (Å²) in [5.74, 6) is 0.0581. The van der Waals surface area contributed by atoms with Crippen LogP contribution in [-0.4, -0.2) is 51.2 Å². The fourth-order valence-electron chi connectivity index (χ4n) is 1.71. The summed E-state index contributed by atoms with van der Waals surface area (Å²) in [6.45, 7) is 4.64. The van der Waals surface area contributed by atoms with Gasteiger partial charge in [-0.3, -0.25) is 9.69 Å². The number of carbonyl (C=O) groups excluding carboxylic acids is 1. The lowest BCUT2D eigenvalue weighted by Crippen LogP contribution is -2.39. The van der Waals surface area contributed by atoms with Crippen LogP contribution in [0.2, 0.25) is 0 Å². The smallest absolute Gasteiger partial charge is 0.240 e. The molecule has 1 aromatic carbocycles. The molecule has 0 spiro atoms. The predicted octanol–water partition coefficient (Wildman–Crippen LogP) is 1.20. The van der Waals surface area contributed by atoms with E-state index in [1.807, 2.05) is 19.1 Å². The number of anilines is 2. The van der Waals surface area contributed by atoms with Gasteiger partial charge < -0.3 is 15.4 Å². The Hall–Kier alpha value is -1.59. The Morgan fingerprint density at radius 1 is 1.32 bits per heavy atom. The van der Waals surface area contributed by atoms with Gasteiger partial charge in [0.1, 0.15) is 0 Å². The Balaban J connectivity index is 2.58. The molecule has 0 saturated carbocycles. The number of carbonyl (C=O) groups is 1. The highest BCUT2D eigenvalue weighted by Crippen LogP contribution is 2.15.